The quantitative estimate of drug-likeness (QED) is 0.454. The minimum atomic E-state index is -4.15. The fourth-order valence-electron chi connectivity index (χ4n) is 3.73. The number of rotatable bonds is 11. The van der Waals surface area contributed by atoms with E-state index in [9.17, 15) is 18.3 Å². The molecule has 0 spiro atoms. The van der Waals surface area contributed by atoms with E-state index in [1.54, 1.807) is 31.2 Å². The minimum Gasteiger partial charge on any atom is -0.492 e. The highest BCUT2D eigenvalue weighted by Gasteiger charge is 2.45. The molecule has 10 heteroatoms. The number of hydrogen-bond donors (Lipinski definition) is 1. The third kappa shape index (κ3) is 6.36. The molecule has 0 saturated carbocycles. The summed E-state index contributed by atoms with van der Waals surface area (Å²) in [7, 11) is -2.89. The molecule has 1 fully saturated rings. The van der Waals surface area contributed by atoms with Crippen molar-refractivity contribution in [3.8, 4) is 23.3 Å². The first-order valence-electron chi connectivity index (χ1n) is 11.6. The lowest BCUT2D eigenvalue weighted by atomic mass is 9.92. The Morgan fingerprint density at radius 1 is 1.08 bits per heavy atom. The van der Waals surface area contributed by atoms with Crippen molar-refractivity contribution in [3.63, 3.8) is 0 Å². The van der Waals surface area contributed by atoms with Crippen LogP contribution in [0.2, 0.25) is 0 Å². The zero-order valence-electron chi connectivity index (χ0n) is 20.8. The van der Waals surface area contributed by atoms with Crippen LogP contribution < -0.4 is 9.47 Å². The van der Waals surface area contributed by atoms with Crippen molar-refractivity contribution in [2.75, 3.05) is 53.1 Å². The molecule has 1 heterocycles. The van der Waals surface area contributed by atoms with E-state index in [0.29, 0.717) is 36.9 Å². The molecule has 3 rings (SSSR count). The van der Waals surface area contributed by atoms with Crippen LogP contribution in [0.1, 0.15) is 19.4 Å². The van der Waals surface area contributed by atoms with Crippen molar-refractivity contribution in [1.82, 2.24) is 9.21 Å². The summed E-state index contributed by atoms with van der Waals surface area (Å²) < 4.78 is 44.1. The normalized spacial score (nSPS) is 16.0. The average Bonchev–Trinajstić information content (AvgIpc) is 2.89. The second kappa shape index (κ2) is 12.2. The SMILES string of the molecule is CC#CCOc1ccc(S(=O)(=O)N(C)C(C)(C(=O)O)c2ccc(OCCN3CCOCC3)cc2)cc1. The highest BCUT2D eigenvalue weighted by molar-refractivity contribution is 7.89. The van der Waals surface area contributed by atoms with Gasteiger partial charge in [-0.2, -0.15) is 4.31 Å². The third-order valence-corrected chi connectivity index (χ3v) is 8.17. The van der Waals surface area contributed by atoms with Crippen LogP contribution in [-0.2, 0) is 25.1 Å². The molecule has 1 N–H and O–H groups in total. The molecule has 1 saturated heterocycles. The second-order valence-electron chi connectivity index (χ2n) is 8.36. The first kappa shape index (κ1) is 27.5. The molecule has 0 aliphatic carbocycles. The minimum absolute atomic E-state index is 0.0468. The van der Waals surface area contributed by atoms with Crippen LogP contribution >= 0.6 is 0 Å². The van der Waals surface area contributed by atoms with Gasteiger partial charge in [0.15, 0.2) is 5.54 Å². The van der Waals surface area contributed by atoms with E-state index in [4.69, 9.17) is 14.2 Å². The maximum Gasteiger partial charge on any atom is 0.329 e. The van der Waals surface area contributed by atoms with E-state index in [1.807, 2.05) is 0 Å². The Morgan fingerprint density at radius 3 is 2.25 bits per heavy atom. The predicted molar refractivity (Wildman–Crippen MR) is 135 cm³/mol. The number of carboxylic acids is 1. The van der Waals surface area contributed by atoms with E-state index < -0.39 is 21.5 Å². The molecule has 1 aliphatic heterocycles. The van der Waals surface area contributed by atoms with E-state index in [-0.39, 0.29) is 11.5 Å². The molecule has 2 aromatic rings. The summed E-state index contributed by atoms with van der Waals surface area (Å²) in [5, 5.41) is 10.1. The summed E-state index contributed by atoms with van der Waals surface area (Å²) in [5.41, 5.74) is -1.54. The molecule has 1 aliphatic rings. The lowest BCUT2D eigenvalue weighted by Gasteiger charge is -2.34. The standard InChI is InChI=1S/C26H32N2O7S/c1-4-5-17-34-23-10-12-24(13-11-23)36(31,32)27(3)26(2,25(29)30)21-6-8-22(9-7-21)35-20-16-28-14-18-33-19-15-28/h6-13H,14-20H2,1-3H3,(H,29,30). The average molecular weight is 517 g/mol. The topological polar surface area (TPSA) is 106 Å². The monoisotopic (exact) mass is 516 g/mol. The maximum absolute atomic E-state index is 13.3. The summed E-state index contributed by atoms with van der Waals surface area (Å²) in [6.07, 6.45) is 0. The van der Waals surface area contributed by atoms with E-state index >= 15 is 0 Å². The molecule has 0 aromatic heterocycles. The van der Waals surface area contributed by atoms with Crippen LogP contribution in [0.25, 0.3) is 0 Å². The van der Waals surface area contributed by atoms with Gasteiger partial charge in [-0.15, -0.1) is 5.92 Å². The largest absolute Gasteiger partial charge is 0.492 e. The van der Waals surface area contributed by atoms with Gasteiger partial charge in [0.25, 0.3) is 0 Å². The number of aliphatic carboxylic acids is 1. The summed E-state index contributed by atoms with van der Waals surface area (Å²) in [5.74, 6) is 5.21. The zero-order valence-corrected chi connectivity index (χ0v) is 21.6. The summed E-state index contributed by atoms with van der Waals surface area (Å²) in [6.45, 7) is 7.64. The van der Waals surface area contributed by atoms with Crippen molar-refractivity contribution in [1.29, 1.82) is 0 Å². The highest BCUT2D eigenvalue weighted by atomic mass is 32.2. The van der Waals surface area contributed by atoms with Gasteiger partial charge in [0.1, 0.15) is 24.7 Å². The molecule has 0 bridgehead atoms. The molecule has 194 valence electrons. The van der Waals surface area contributed by atoms with Crippen LogP contribution in [0.15, 0.2) is 53.4 Å². The fraction of sp³-hybridized carbons (Fsp3) is 0.423. The van der Waals surface area contributed by atoms with Gasteiger partial charge in [0, 0.05) is 26.7 Å². The Kier molecular flexibility index (Phi) is 9.34. The summed E-state index contributed by atoms with van der Waals surface area (Å²) >= 11 is 0. The van der Waals surface area contributed by atoms with E-state index in [1.165, 1.54) is 38.2 Å². The smallest absolute Gasteiger partial charge is 0.329 e. The highest BCUT2D eigenvalue weighted by Crippen LogP contribution is 2.34. The van der Waals surface area contributed by atoms with Gasteiger partial charge in [-0.05, 0) is 55.8 Å². The summed E-state index contributed by atoms with van der Waals surface area (Å²) in [4.78, 5) is 14.6. The molecular formula is C26H32N2O7S. The Labute approximate surface area is 212 Å². The number of benzene rings is 2. The number of likely N-dealkylation sites (N-methyl/N-ethyl adjacent to an activating group) is 1. The van der Waals surface area contributed by atoms with E-state index in [0.717, 1.165) is 23.9 Å². The molecule has 1 unspecified atom stereocenters. The first-order chi connectivity index (χ1) is 17.2. The van der Waals surface area contributed by atoms with Crippen LogP contribution in [0.5, 0.6) is 11.5 Å². The first-order valence-corrected chi connectivity index (χ1v) is 13.0. The molecular weight excluding hydrogens is 484 g/mol. The van der Waals surface area contributed by atoms with Crippen LogP contribution in [0.4, 0.5) is 0 Å². The van der Waals surface area contributed by atoms with E-state index in [2.05, 4.69) is 16.7 Å². The van der Waals surface area contributed by atoms with Crippen LogP contribution in [0, 0.1) is 11.8 Å². The number of ether oxygens (including phenoxy) is 3. The number of carboxylic acid groups (broad SMARTS) is 1. The predicted octanol–water partition coefficient (Wildman–Crippen LogP) is 2.42. The third-order valence-electron chi connectivity index (χ3n) is 6.21. The van der Waals surface area contributed by atoms with Crippen molar-refractivity contribution in [2.24, 2.45) is 0 Å². The van der Waals surface area contributed by atoms with Crippen molar-refractivity contribution in [2.45, 2.75) is 24.3 Å². The fourth-order valence-corrected chi connectivity index (χ4v) is 5.19. The maximum atomic E-state index is 13.3. The molecule has 0 amide bonds. The number of carbonyl (C=O) groups is 1. The van der Waals surface area contributed by atoms with Gasteiger partial charge < -0.3 is 19.3 Å². The molecule has 9 nitrogen and oxygen atoms in total. The van der Waals surface area contributed by atoms with Crippen molar-refractivity contribution < 1.29 is 32.5 Å². The van der Waals surface area contributed by atoms with Crippen LogP contribution in [0.3, 0.4) is 0 Å². The van der Waals surface area contributed by atoms with Gasteiger partial charge in [-0.3, -0.25) is 4.90 Å². The molecule has 0 radical (unpaired) electrons. The lowest BCUT2D eigenvalue weighted by Crippen LogP contribution is -2.50. The lowest BCUT2D eigenvalue weighted by molar-refractivity contribution is -0.147. The Hall–Kier alpha value is -3.10. The number of hydrogen-bond acceptors (Lipinski definition) is 7. The number of nitrogens with zero attached hydrogens (tertiary/aromatic N) is 2. The Bertz CT molecular complexity index is 1180. The van der Waals surface area contributed by atoms with Gasteiger partial charge in [-0.1, -0.05) is 18.1 Å². The van der Waals surface area contributed by atoms with Gasteiger partial charge >= 0.3 is 5.97 Å². The van der Waals surface area contributed by atoms with Gasteiger partial charge in [0.05, 0.1) is 18.1 Å². The molecule has 36 heavy (non-hydrogen) atoms. The summed E-state index contributed by atoms with van der Waals surface area (Å²) in [6, 6.07) is 12.3. The zero-order chi connectivity index (χ0) is 26.2. The Morgan fingerprint density at radius 2 is 1.67 bits per heavy atom. The van der Waals surface area contributed by atoms with Crippen LogP contribution in [-0.4, -0.2) is 81.8 Å². The Balaban J connectivity index is 1.73. The number of morpholine rings is 1. The number of sulfonamides is 1. The molecule has 2 aromatic carbocycles. The van der Waals surface area contributed by atoms with Crippen molar-refractivity contribution >= 4 is 16.0 Å². The van der Waals surface area contributed by atoms with Gasteiger partial charge in [-0.25, -0.2) is 13.2 Å². The second-order valence-corrected chi connectivity index (χ2v) is 10.3. The molecule has 1 atom stereocenters. The van der Waals surface area contributed by atoms with Crippen molar-refractivity contribution in [3.05, 3.63) is 54.1 Å². The van der Waals surface area contributed by atoms with Gasteiger partial charge in [0.2, 0.25) is 10.0 Å².